The van der Waals surface area contributed by atoms with Crippen LogP contribution in [0.2, 0.25) is 0 Å². The fraction of sp³-hybridized carbons (Fsp3) is 0.475. The van der Waals surface area contributed by atoms with Crippen molar-refractivity contribution in [1.82, 2.24) is 9.97 Å². The Morgan fingerprint density at radius 3 is 2.02 bits per heavy atom. The van der Waals surface area contributed by atoms with Crippen LogP contribution in [-0.2, 0) is 30.3 Å². The van der Waals surface area contributed by atoms with Crippen molar-refractivity contribution in [1.29, 1.82) is 0 Å². The third-order valence-electron chi connectivity index (χ3n) is 9.99. The van der Waals surface area contributed by atoms with Crippen LogP contribution < -0.4 is 0 Å². The van der Waals surface area contributed by atoms with E-state index >= 15 is 0 Å². The van der Waals surface area contributed by atoms with Gasteiger partial charge >= 0.3 is 0 Å². The van der Waals surface area contributed by atoms with E-state index in [2.05, 4.69) is 55.9 Å². The number of carbonyl (C=O) groups excluding carboxylic acids is 1. The van der Waals surface area contributed by atoms with Crippen molar-refractivity contribution in [3.05, 3.63) is 82.6 Å². The van der Waals surface area contributed by atoms with Crippen LogP contribution in [0.1, 0.15) is 110 Å². The number of aliphatic hydroxyl groups is 1. The maximum absolute atomic E-state index is 14.6. The minimum atomic E-state index is -0.337. The largest absolute Gasteiger partial charge is 0.512 e. The fourth-order valence-corrected chi connectivity index (χ4v) is 5.54. The topological polar surface area (TPSA) is 63.1 Å². The average molecular weight is 804 g/mol. The van der Waals surface area contributed by atoms with Crippen LogP contribution in [0.3, 0.4) is 0 Å². The number of aryl methyl sites for hydroxylation is 3. The number of aromatic nitrogens is 2. The summed E-state index contributed by atoms with van der Waals surface area (Å²) in [5.41, 5.74) is 5.59. The van der Waals surface area contributed by atoms with Gasteiger partial charge in [-0.2, -0.15) is 0 Å². The summed E-state index contributed by atoms with van der Waals surface area (Å²) in [6.07, 6.45) is 6.32. The summed E-state index contributed by atoms with van der Waals surface area (Å²) >= 11 is 0. The van der Waals surface area contributed by atoms with Crippen LogP contribution >= 0.6 is 0 Å². The number of rotatable bonds is 8. The number of nitrogens with zero attached hydrogens (tertiary/aromatic N) is 2. The van der Waals surface area contributed by atoms with E-state index in [1.165, 1.54) is 11.6 Å². The van der Waals surface area contributed by atoms with E-state index < -0.39 is 0 Å². The summed E-state index contributed by atoms with van der Waals surface area (Å²) in [6, 6.07) is 13.7. The zero-order valence-corrected chi connectivity index (χ0v) is 32.2. The molecule has 46 heavy (non-hydrogen) atoms. The molecule has 251 valence electrons. The first kappa shape index (κ1) is 39.2. The van der Waals surface area contributed by atoms with Crippen molar-refractivity contribution in [3.8, 4) is 11.3 Å². The molecule has 3 aromatic carbocycles. The molecule has 0 amide bonds. The number of fused-ring (bicyclic) bond motifs is 3. The van der Waals surface area contributed by atoms with Gasteiger partial charge in [-0.15, -0.1) is 34.9 Å². The minimum Gasteiger partial charge on any atom is -0.512 e. The molecule has 0 aliphatic rings. The molecule has 4 aromatic rings. The quantitative estimate of drug-likeness (QED) is 0.0834. The predicted molar refractivity (Wildman–Crippen MR) is 187 cm³/mol. The van der Waals surface area contributed by atoms with Crippen molar-refractivity contribution in [2.24, 2.45) is 10.8 Å². The van der Waals surface area contributed by atoms with Gasteiger partial charge in [0.25, 0.3) is 0 Å². The number of carbonyl (C=O) groups is 1. The van der Waals surface area contributed by atoms with Crippen LogP contribution in [0, 0.1) is 43.5 Å². The van der Waals surface area contributed by atoms with Gasteiger partial charge in [0, 0.05) is 42.4 Å². The van der Waals surface area contributed by atoms with Crippen LogP contribution in [-0.4, -0.2) is 20.9 Å². The number of ketones is 1. The molecule has 0 aliphatic carbocycles. The second-order valence-electron chi connectivity index (χ2n) is 14.1. The Bertz CT molecular complexity index is 1730. The van der Waals surface area contributed by atoms with E-state index in [0.717, 1.165) is 64.2 Å². The zero-order valence-electron chi connectivity index (χ0n) is 29.8. The maximum atomic E-state index is 14.6. The predicted octanol–water partition coefficient (Wildman–Crippen LogP) is 11.3. The molecule has 4 rings (SSSR count). The number of aliphatic hydroxyl groups excluding tert-OH is 1. The summed E-state index contributed by atoms with van der Waals surface area (Å²) < 4.78 is 14.6. The summed E-state index contributed by atoms with van der Waals surface area (Å²) in [5.74, 6) is 0.117. The molecule has 0 aliphatic heterocycles. The molecule has 6 heteroatoms. The molecule has 0 saturated carbocycles. The second-order valence-corrected chi connectivity index (χ2v) is 14.1. The number of hydrogen-bond donors (Lipinski definition) is 1. The van der Waals surface area contributed by atoms with Gasteiger partial charge in [-0.3, -0.25) is 9.78 Å². The average Bonchev–Trinajstić information content (AvgIpc) is 3.01. The Balaban J connectivity index is 0.000000356. The van der Waals surface area contributed by atoms with Gasteiger partial charge in [-0.25, -0.2) is 9.37 Å². The molecular weight excluding hydrogens is 752 g/mol. The van der Waals surface area contributed by atoms with E-state index in [1.54, 1.807) is 13.3 Å². The molecule has 0 spiro atoms. The molecule has 1 heterocycles. The summed E-state index contributed by atoms with van der Waals surface area (Å²) in [7, 11) is 0. The summed E-state index contributed by atoms with van der Waals surface area (Å²) in [5, 5.41) is 12.9. The Morgan fingerprint density at radius 1 is 0.891 bits per heavy atom. The van der Waals surface area contributed by atoms with Gasteiger partial charge in [-0.05, 0) is 78.6 Å². The van der Waals surface area contributed by atoms with Crippen molar-refractivity contribution >= 4 is 27.5 Å². The first-order chi connectivity index (χ1) is 21.0. The Hall–Kier alpha value is -2.95. The van der Waals surface area contributed by atoms with E-state index in [1.807, 2.05) is 66.7 Å². The maximum Gasteiger partial charge on any atom is 0.164 e. The Kier molecular flexibility index (Phi) is 13.0. The number of allylic oxidation sites excluding steroid dienone is 2. The minimum absolute atomic E-state index is 0. The molecule has 0 bridgehead atoms. The van der Waals surface area contributed by atoms with Gasteiger partial charge in [0.05, 0.1) is 5.52 Å². The van der Waals surface area contributed by atoms with E-state index in [0.29, 0.717) is 11.1 Å². The van der Waals surface area contributed by atoms with E-state index in [9.17, 15) is 14.3 Å². The molecule has 1 radical (unpaired) electrons. The monoisotopic (exact) mass is 804 g/mol. The van der Waals surface area contributed by atoms with Crippen LogP contribution in [0.15, 0.2) is 48.5 Å². The molecule has 1 aromatic heterocycles. The molecule has 1 N–H and O–H groups in total. The summed E-state index contributed by atoms with van der Waals surface area (Å²) in [6.45, 7) is 24.4. The van der Waals surface area contributed by atoms with Gasteiger partial charge in [-0.1, -0.05) is 81.4 Å². The third-order valence-corrected chi connectivity index (χ3v) is 9.99. The molecule has 0 atom stereocenters. The number of benzene rings is 3. The third kappa shape index (κ3) is 8.12. The smallest absolute Gasteiger partial charge is 0.164 e. The van der Waals surface area contributed by atoms with Crippen LogP contribution in [0.25, 0.3) is 32.9 Å². The van der Waals surface area contributed by atoms with Crippen molar-refractivity contribution in [2.75, 3.05) is 0 Å². The molecule has 0 saturated heterocycles. The summed E-state index contributed by atoms with van der Waals surface area (Å²) in [4.78, 5) is 21.3. The SMILES string of the molecule is CCC(C)(CC)C(=O)/C=C(\O)C(C)(CC)CC.Cc1[c-]c(-c2ncnc3c2ccc2cc(C)c(F)c(C)c23)cc(C(C)(C)C)c1.[Ir]. The fourth-order valence-electron chi connectivity index (χ4n) is 5.54. The van der Waals surface area contributed by atoms with Crippen molar-refractivity contribution in [3.63, 3.8) is 0 Å². The first-order valence-corrected chi connectivity index (χ1v) is 16.3. The van der Waals surface area contributed by atoms with Gasteiger partial charge in [0.1, 0.15) is 17.9 Å². The second kappa shape index (κ2) is 15.3. The normalized spacial score (nSPS) is 12.5. The first-order valence-electron chi connectivity index (χ1n) is 16.3. The van der Waals surface area contributed by atoms with Gasteiger partial charge < -0.3 is 5.11 Å². The van der Waals surface area contributed by atoms with Crippen molar-refractivity contribution in [2.45, 2.75) is 114 Å². The zero-order chi connectivity index (χ0) is 33.9. The number of halogens is 1. The van der Waals surface area contributed by atoms with E-state index in [-0.39, 0.29) is 53.7 Å². The molecule has 4 nitrogen and oxygen atoms in total. The van der Waals surface area contributed by atoms with Gasteiger partial charge in [0.15, 0.2) is 5.78 Å². The number of hydrogen-bond acceptors (Lipinski definition) is 4. The van der Waals surface area contributed by atoms with E-state index in [4.69, 9.17) is 0 Å². The molecular formula is C40H52FIrN2O2-. The molecule has 0 unspecified atom stereocenters. The van der Waals surface area contributed by atoms with Gasteiger partial charge in [0.2, 0.25) is 0 Å². The van der Waals surface area contributed by atoms with Crippen LogP contribution in [0.4, 0.5) is 4.39 Å². The Morgan fingerprint density at radius 2 is 1.48 bits per heavy atom. The standard InChI is InChI=1S/C25H24FN2.C15H28O2.Ir/c1-14-9-18(12-19(10-14)25(4,5)6)23-20-8-7-17-11-15(2)22(26)16(3)21(17)24(20)28-13-27-23;1-7-14(5,8-2)12(16)11-13(17)15(6,9-3)10-4;/h7-8,10-13H,1-6H3;11,16H,7-10H2,1-6H3;/q-1;;/b;12-11-;. The Labute approximate surface area is 289 Å². The molecule has 0 fully saturated rings. The van der Waals surface area contributed by atoms with Crippen molar-refractivity contribution < 1.29 is 34.4 Å². The van der Waals surface area contributed by atoms with Crippen LogP contribution in [0.5, 0.6) is 0 Å².